The molecule has 10 heteroatoms. The van der Waals surface area contributed by atoms with E-state index in [1.165, 1.54) is 40.7 Å². The maximum atomic E-state index is 13.1. The molecule has 3 aromatic rings. The van der Waals surface area contributed by atoms with E-state index in [0.29, 0.717) is 17.0 Å². The second-order valence-electron chi connectivity index (χ2n) is 7.25. The zero-order chi connectivity index (χ0) is 22.2. The normalized spacial score (nSPS) is 14.3. The highest BCUT2D eigenvalue weighted by molar-refractivity contribution is 7.89. The molecule has 31 heavy (non-hydrogen) atoms. The Bertz CT molecular complexity index is 1220. The summed E-state index contributed by atoms with van der Waals surface area (Å²) in [5, 5.41) is 7.55. The van der Waals surface area contributed by atoms with E-state index in [1.807, 2.05) is 0 Å². The quantitative estimate of drug-likeness (QED) is 0.632. The van der Waals surface area contributed by atoms with Gasteiger partial charge in [-0.1, -0.05) is 23.7 Å². The van der Waals surface area contributed by atoms with Gasteiger partial charge in [0.05, 0.1) is 4.90 Å². The second kappa shape index (κ2) is 8.41. The van der Waals surface area contributed by atoms with Crippen molar-refractivity contribution < 1.29 is 17.6 Å². The van der Waals surface area contributed by atoms with Crippen molar-refractivity contribution in [2.45, 2.75) is 24.4 Å². The van der Waals surface area contributed by atoms with Gasteiger partial charge in [-0.3, -0.25) is 9.48 Å². The molecular weight excluding hydrogens is 443 g/mol. The van der Waals surface area contributed by atoms with E-state index in [2.05, 4.69) is 10.4 Å². The van der Waals surface area contributed by atoms with E-state index in [0.717, 1.165) is 11.3 Å². The molecule has 1 N–H and O–H groups in total. The lowest BCUT2D eigenvalue weighted by Crippen LogP contribution is -2.37. The minimum absolute atomic E-state index is 0.0490. The molecule has 0 saturated heterocycles. The Labute approximate surface area is 184 Å². The molecule has 0 fully saturated rings. The molecule has 0 aliphatic carbocycles. The van der Waals surface area contributed by atoms with Crippen LogP contribution in [0.5, 0.6) is 0 Å². The van der Waals surface area contributed by atoms with Gasteiger partial charge in [-0.2, -0.15) is 9.40 Å². The van der Waals surface area contributed by atoms with Crippen LogP contribution >= 0.6 is 11.6 Å². The van der Waals surface area contributed by atoms with E-state index in [1.54, 1.807) is 23.9 Å². The minimum Gasteiger partial charge on any atom is -0.347 e. The van der Waals surface area contributed by atoms with Gasteiger partial charge in [-0.15, -0.1) is 0 Å². The average Bonchev–Trinajstić information content (AvgIpc) is 3.09. The molecule has 0 atom stereocenters. The Morgan fingerprint density at radius 1 is 1.16 bits per heavy atom. The van der Waals surface area contributed by atoms with Crippen LogP contribution in [0.1, 0.15) is 27.3 Å². The SMILES string of the molecule is Cn1nc(C(=O)NCc2ccc(F)cc2)c2c1CCN(S(=O)(=O)c1ccc(Cl)cc1)C2. The first-order chi connectivity index (χ1) is 14.8. The highest BCUT2D eigenvalue weighted by Gasteiger charge is 2.33. The van der Waals surface area contributed by atoms with Crippen LogP contribution in [0, 0.1) is 5.82 Å². The standard InChI is InChI=1S/C21H20ClFN4O3S/c1-26-19-10-11-27(31(29,30)17-8-4-15(22)5-9-17)13-18(19)20(25-26)21(28)24-12-14-2-6-16(23)7-3-14/h2-9H,10-13H2,1H3,(H,24,28). The summed E-state index contributed by atoms with van der Waals surface area (Å²) >= 11 is 5.87. The highest BCUT2D eigenvalue weighted by Crippen LogP contribution is 2.27. The van der Waals surface area contributed by atoms with Crippen LogP contribution in [0.2, 0.25) is 5.02 Å². The summed E-state index contributed by atoms with van der Waals surface area (Å²) in [6.45, 7) is 0.540. The summed E-state index contributed by atoms with van der Waals surface area (Å²) in [6, 6.07) is 11.8. The molecule has 0 spiro atoms. The number of hydrogen-bond acceptors (Lipinski definition) is 4. The molecule has 2 heterocycles. The van der Waals surface area contributed by atoms with E-state index in [4.69, 9.17) is 11.6 Å². The summed E-state index contributed by atoms with van der Waals surface area (Å²) in [4.78, 5) is 12.9. The number of aryl methyl sites for hydroxylation is 1. The van der Waals surface area contributed by atoms with Crippen molar-refractivity contribution in [1.82, 2.24) is 19.4 Å². The zero-order valence-corrected chi connectivity index (χ0v) is 18.3. The van der Waals surface area contributed by atoms with E-state index >= 15 is 0 Å². The molecule has 7 nitrogen and oxygen atoms in total. The van der Waals surface area contributed by atoms with Crippen molar-refractivity contribution in [3.8, 4) is 0 Å². The molecule has 1 aliphatic heterocycles. The lowest BCUT2D eigenvalue weighted by atomic mass is 10.1. The van der Waals surface area contributed by atoms with E-state index < -0.39 is 15.9 Å². The topological polar surface area (TPSA) is 84.3 Å². The number of fused-ring (bicyclic) bond motifs is 1. The third kappa shape index (κ3) is 4.34. The third-order valence-corrected chi connectivity index (χ3v) is 7.35. The van der Waals surface area contributed by atoms with Crippen LogP contribution in [0.4, 0.5) is 4.39 Å². The fourth-order valence-corrected chi connectivity index (χ4v) is 5.11. The van der Waals surface area contributed by atoms with Crippen molar-refractivity contribution in [1.29, 1.82) is 0 Å². The Balaban J connectivity index is 1.55. The number of carbonyl (C=O) groups is 1. The Kier molecular flexibility index (Phi) is 5.83. The fourth-order valence-electron chi connectivity index (χ4n) is 3.58. The van der Waals surface area contributed by atoms with Crippen LogP contribution < -0.4 is 5.32 Å². The third-order valence-electron chi connectivity index (χ3n) is 5.24. The van der Waals surface area contributed by atoms with Gasteiger partial charge in [0, 0.05) is 49.4 Å². The first-order valence-electron chi connectivity index (χ1n) is 9.59. The lowest BCUT2D eigenvalue weighted by molar-refractivity contribution is 0.0943. The van der Waals surface area contributed by atoms with Crippen LogP contribution in [-0.2, 0) is 36.6 Å². The van der Waals surface area contributed by atoms with Gasteiger partial charge in [-0.25, -0.2) is 12.8 Å². The first kappa shape index (κ1) is 21.5. The van der Waals surface area contributed by atoms with Crippen LogP contribution in [0.3, 0.4) is 0 Å². The van der Waals surface area contributed by atoms with Crippen molar-refractivity contribution in [3.05, 3.63) is 81.9 Å². The van der Waals surface area contributed by atoms with Gasteiger partial charge >= 0.3 is 0 Å². The van der Waals surface area contributed by atoms with E-state index in [-0.39, 0.29) is 36.0 Å². The Morgan fingerprint density at radius 2 is 1.84 bits per heavy atom. The maximum absolute atomic E-state index is 13.1. The van der Waals surface area contributed by atoms with Gasteiger partial charge in [0.1, 0.15) is 5.82 Å². The maximum Gasteiger partial charge on any atom is 0.272 e. The van der Waals surface area contributed by atoms with Gasteiger partial charge in [0.15, 0.2) is 5.69 Å². The molecule has 162 valence electrons. The largest absolute Gasteiger partial charge is 0.347 e. The number of sulfonamides is 1. The summed E-state index contributed by atoms with van der Waals surface area (Å²) < 4.78 is 42.1. The molecule has 0 unspecified atom stereocenters. The second-order valence-corrected chi connectivity index (χ2v) is 9.62. The Hall–Kier alpha value is -2.75. The predicted octanol–water partition coefficient (Wildman–Crippen LogP) is 2.89. The first-order valence-corrected chi connectivity index (χ1v) is 11.4. The number of benzene rings is 2. The smallest absolute Gasteiger partial charge is 0.272 e. The zero-order valence-electron chi connectivity index (χ0n) is 16.7. The monoisotopic (exact) mass is 462 g/mol. The van der Waals surface area contributed by atoms with Crippen molar-refractivity contribution >= 4 is 27.5 Å². The Morgan fingerprint density at radius 3 is 2.52 bits per heavy atom. The molecule has 2 aromatic carbocycles. The summed E-state index contributed by atoms with van der Waals surface area (Å²) in [5.74, 6) is -0.761. The van der Waals surface area contributed by atoms with Crippen LogP contribution in [-0.4, -0.2) is 35.0 Å². The van der Waals surface area contributed by atoms with Gasteiger partial charge in [0.2, 0.25) is 10.0 Å². The number of halogens is 2. The number of rotatable bonds is 5. The van der Waals surface area contributed by atoms with E-state index in [9.17, 15) is 17.6 Å². The molecular formula is C21H20ClFN4O3S. The number of nitrogens with one attached hydrogen (secondary N) is 1. The van der Waals surface area contributed by atoms with Crippen molar-refractivity contribution in [3.63, 3.8) is 0 Å². The van der Waals surface area contributed by atoms with Crippen LogP contribution in [0.25, 0.3) is 0 Å². The van der Waals surface area contributed by atoms with Crippen molar-refractivity contribution in [2.75, 3.05) is 6.54 Å². The van der Waals surface area contributed by atoms with Gasteiger partial charge < -0.3 is 5.32 Å². The lowest BCUT2D eigenvalue weighted by Gasteiger charge is -2.27. The van der Waals surface area contributed by atoms with Crippen LogP contribution in [0.15, 0.2) is 53.4 Å². The molecule has 0 saturated carbocycles. The average molecular weight is 463 g/mol. The number of amides is 1. The number of nitrogens with zero attached hydrogens (tertiary/aromatic N) is 3. The van der Waals surface area contributed by atoms with Crippen molar-refractivity contribution in [2.24, 2.45) is 7.05 Å². The molecule has 1 amide bonds. The predicted molar refractivity (Wildman–Crippen MR) is 114 cm³/mol. The number of hydrogen-bond donors (Lipinski definition) is 1. The summed E-state index contributed by atoms with van der Waals surface area (Å²) in [6.07, 6.45) is 0.441. The van der Waals surface area contributed by atoms with Gasteiger partial charge in [-0.05, 0) is 42.0 Å². The molecule has 1 aromatic heterocycles. The number of aromatic nitrogens is 2. The molecule has 0 radical (unpaired) electrons. The minimum atomic E-state index is -3.74. The fraction of sp³-hybridized carbons (Fsp3) is 0.238. The molecule has 4 rings (SSSR count). The number of carbonyl (C=O) groups excluding carboxylic acids is 1. The summed E-state index contributed by atoms with van der Waals surface area (Å²) in [7, 11) is -2.01. The molecule has 1 aliphatic rings. The highest BCUT2D eigenvalue weighted by atomic mass is 35.5. The summed E-state index contributed by atoms with van der Waals surface area (Å²) in [5.41, 5.74) is 2.35. The molecule has 0 bridgehead atoms. The van der Waals surface area contributed by atoms with Gasteiger partial charge in [0.25, 0.3) is 5.91 Å².